The summed E-state index contributed by atoms with van der Waals surface area (Å²) in [5.74, 6) is 1.54. The van der Waals surface area contributed by atoms with E-state index in [4.69, 9.17) is 29.9 Å². The van der Waals surface area contributed by atoms with Crippen LogP contribution in [0, 0.1) is 6.07 Å². The fourth-order valence-electron chi connectivity index (χ4n) is 8.48. The van der Waals surface area contributed by atoms with Crippen LogP contribution in [0.3, 0.4) is 0 Å². The zero-order valence-corrected chi connectivity index (χ0v) is 45.5. The van der Waals surface area contributed by atoms with Gasteiger partial charge in [0.1, 0.15) is 0 Å². The molecule has 0 spiro atoms. The topological polar surface area (TPSA) is 77.3 Å². The van der Waals surface area contributed by atoms with Crippen molar-refractivity contribution in [3.8, 4) is 90.5 Å². The van der Waals surface area contributed by atoms with Crippen molar-refractivity contribution in [1.82, 2.24) is 29.9 Å². The molecule has 0 amide bonds. The van der Waals surface area contributed by atoms with Crippen molar-refractivity contribution in [3.05, 3.63) is 192 Å². The van der Waals surface area contributed by atoms with E-state index in [1.165, 1.54) is 22.3 Å². The Morgan fingerprint density at radius 2 is 0.620 bits per heavy atom. The second kappa shape index (κ2) is 19.8. The van der Waals surface area contributed by atoms with Crippen molar-refractivity contribution in [1.29, 1.82) is 0 Å². The summed E-state index contributed by atoms with van der Waals surface area (Å²) >= 11 is 0. The third-order valence-electron chi connectivity index (χ3n) is 13.0. The van der Waals surface area contributed by atoms with Crippen LogP contribution in [0.15, 0.2) is 164 Å². The predicted molar refractivity (Wildman–Crippen MR) is 290 cm³/mol. The van der Waals surface area contributed by atoms with E-state index in [9.17, 15) is 0 Å². The number of benzene rings is 5. The average molecular weight is 1110 g/mol. The van der Waals surface area contributed by atoms with Crippen molar-refractivity contribution in [2.24, 2.45) is 0 Å². The molecule has 0 unspecified atom stereocenters. The van der Waals surface area contributed by atoms with Gasteiger partial charge < -0.3 is 4.98 Å². The summed E-state index contributed by atoms with van der Waals surface area (Å²) in [4.78, 5) is 31.5. The summed E-state index contributed by atoms with van der Waals surface area (Å²) < 4.78 is 0. The third kappa shape index (κ3) is 11.5. The molecule has 0 fully saturated rings. The van der Waals surface area contributed by atoms with Crippen molar-refractivity contribution < 1.29 is 20.1 Å². The Hall–Kier alpha value is -6.79. The minimum Gasteiger partial charge on any atom is -0.304 e. The van der Waals surface area contributed by atoms with Gasteiger partial charge >= 0.3 is 0 Å². The Morgan fingerprint density at radius 1 is 0.310 bits per heavy atom. The molecule has 9 rings (SSSR count). The fraction of sp³-hybridized carbons (Fsp3) is 0.250. The molecule has 1 radical (unpaired) electrons. The van der Waals surface area contributed by atoms with Crippen LogP contribution in [0.2, 0.25) is 0 Å². The summed E-state index contributed by atoms with van der Waals surface area (Å²) in [5.41, 5.74) is 16.5. The maximum atomic E-state index is 5.39. The van der Waals surface area contributed by atoms with Gasteiger partial charge in [0.05, 0.1) is 22.8 Å². The standard InChI is InChI=1S/C64H63N6.Ir/c1-61(2,3)49-27-18-42(19-28-49)54-36-47(37-55(66-54)43-20-29-50(30-21-43)62(4,5)6)59-68-58(46-26-35-53(65-40-46)41-16-14-13-15-17-41)69-60(70-59)48-38-56(44-22-31-51(32-23-44)63(7,8)9)67-57(39-48)45-24-33-52(34-25-45)64(10,11)12;/h13-16,18-40H,1-12H3;/q-1;. The molecule has 0 aliphatic rings. The van der Waals surface area contributed by atoms with E-state index in [1.54, 1.807) is 0 Å². The molecule has 0 bridgehead atoms. The van der Waals surface area contributed by atoms with Crippen LogP contribution in [-0.2, 0) is 41.8 Å². The van der Waals surface area contributed by atoms with Gasteiger partial charge in [-0.2, -0.15) is 0 Å². The van der Waals surface area contributed by atoms with E-state index in [-0.39, 0.29) is 41.8 Å². The first kappa shape index (κ1) is 50.6. The number of nitrogens with zero attached hydrogens (tertiary/aromatic N) is 6. The second-order valence-corrected chi connectivity index (χ2v) is 22.6. The fourth-order valence-corrected chi connectivity index (χ4v) is 8.48. The maximum absolute atomic E-state index is 5.39. The van der Waals surface area contributed by atoms with Crippen LogP contribution in [0.1, 0.15) is 105 Å². The molecule has 0 saturated carbocycles. The first-order valence-electron chi connectivity index (χ1n) is 24.3. The smallest absolute Gasteiger partial charge is 0.165 e. The SMILES string of the molecule is CC(C)(C)c1ccc(-c2cc(-c3nc(-c4ccc(-c5[c-]cccc5)nc4)nc(-c4cc(-c5ccc(C(C)(C)C)cc5)nc(-c5ccc(C(C)(C)C)cc5)c4)n3)cc(-c3ccc(C(C)(C)C)cc3)n2)cc1.[Ir]. The van der Waals surface area contributed by atoms with E-state index in [0.29, 0.717) is 17.5 Å². The summed E-state index contributed by atoms with van der Waals surface area (Å²) in [6.45, 7) is 26.8. The Labute approximate surface area is 435 Å². The Bertz CT molecular complexity index is 2950. The molecular formula is C64H63IrN6-. The first-order valence-corrected chi connectivity index (χ1v) is 24.3. The number of aromatic nitrogens is 6. The molecule has 6 nitrogen and oxygen atoms in total. The summed E-state index contributed by atoms with van der Waals surface area (Å²) in [6.07, 6.45) is 1.84. The number of pyridine rings is 3. The Balaban J connectivity index is 0.00000676. The van der Waals surface area contributed by atoms with E-state index in [0.717, 1.165) is 73.0 Å². The van der Waals surface area contributed by atoms with Crippen LogP contribution < -0.4 is 0 Å². The normalized spacial score (nSPS) is 12.1. The van der Waals surface area contributed by atoms with Crippen molar-refractivity contribution in [2.75, 3.05) is 0 Å². The quantitative estimate of drug-likeness (QED) is 0.141. The van der Waals surface area contributed by atoms with Gasteiger partial charge in [0.15, 0.2) is 17.5 Å². The zero-order valence-electron chi connectivity index (χ0n) is 43.1. The molecular weight excluding hydrogens is 1040 g/mol. The molecule has 0 N–H and O–H groups in total. The molecule has 0 aliphatic heterocycles. The van der Waals surface area contributed by atoms with Crippen molar-refractivity contribution in [2.45, 2.75) is 105 Å². The van der Waals surface area contributed by atoms with Gasteiger partial charge in [0, 0.05) is 65.2 Å². The molecule has 5 aromatic carbocycles. The molecule has 0 atom stereocenters. The van der Waals surface area contributed by atoms with Gasteiger partial charge in [-0.3, -0.25) is 0 Å². The molecule has 4 heterocycles. The third-order valence-corrected chi connectivity index (χ3v) is 13.0. The number of rotatable bonds is 8. The van der Waals surface area contributed by atoms with Crippen LogP contribution in [-0.4, -0.2) is 29.9 Å². The van der Waals surface area contributed by atoms with Crippen LogP contribution >= 0.6 is 0 Å². The molecule has 0 saturated heterocycles. The first-order chi connectivity index (χ1) is 33.2. The van der Waals surface area contributed by atoms with Gasteiger partial charge in [-0.15, -0.1) is 35.9 Å². The van der Waals surface area contributed by atoms with E-state index in [2.05, 4.69) is 210 Å². The Morgan fingerprint density at radius 3 is 0.887 bits per heavy atom. The Kier molecular flexibility index (Phi) is 14.1. The van der Waals surface area contributed by atoms with Gasteiger partial charge in [-0.05, 0) is 73.9 Å². The van der Waals surface area contributed by atoms with Gasteiger partial charge in [-0.25, -0.2) is 24.9 Å². The summed E-state index contributed by atoms with van der Waals surface area (Å²) in [5, 5.41) is 0. The largest absolute Gasteiger partial charge is 0.304 e. The number of hydrogen-bond acceptors (Lipinski definition) is 6. The molecule has 359 valence electrons. The monoisotopic (exact) mass is 1110 g/mol. The zero-order chi connectivity index (χ0) is 49.6. The molecule has 4 aromatic heterocycles. The predicted octanol–water partition coefficient (Wildman–Crippen LogP) is 16.4. The van der Waals surface area contributed by atoms with Gasteiger partial charge in [0.25, 0.3) is 0 Å². The van der Waals surface area contributed by atoms with Gasteiger partial charge in [0.2, 0.25) is 0 Å². The van der Waals surface area contributed by atoms with Crippen LogP contribution in [0.5, 0.6) is 0 Å². The maximum Gasteiger partial charge on any atom is 0.165 e. The minimum absolute atomic E-state index is 0. The van der Waals surface area contributed by atoms with E-state index < -0.39 is 0 Å². The molecule has 9 aromatic rings. The van der Waals surface area contributed by atoms with E-state index in [1.807, 2.05) is 42.6 Å². The molecule has 71 heavy (non-hydrogen) atoms. The summed E-state index contributed by atoms with van der Waals surface area (Å²) in [6, 6.07) is 58.6. The second-order valence-electron chi connectivity index (χ2n) is 22.6. The van der Waals surface area contributed by atoms with Gasteiger partial charge in [-0.1, -0.05) is 192 Å². The average Bonchev–Trinajstić information content (AvgIpc) is 3.35. The molecule has 0 aliphatic carbocycles. The van der Waals surface area contributed by atoms with Crippen molar-refractivity contribution >= 4 is 0 Å². The number of hydrogen-bond donors (Lipinski definition) is 0. The van der Waals surface area contributed by atoms with E-state index >= 15 is 0 Å². The minimum atomic E-state index is 0. The van der Waals surface area contributed by atoms with Crippen LogP contribution in [0.25, 0.3) is 90.5 Å². The summed E-state index contributed by atoms with van der Waals surface area (Å²) in [7, 11) is 0. The van der Waals surface area contributed by atoms with Crippen molar-refractivity contribution in [3.63, 3.8) is 0 Å². The molecule has 7 heteroatoms. The van der Waals surface area contributed by atoms with Crippen LogP contribution in [0.4, 0.5) is 0 Å².